The molecule has 1 N–H and O–H groups in total. The van der Waals surface area contributed by atoms with Crippen LogP contribution in [0.3, 0.4) is 0 Å². The first-order valence-electron chi connectivity index (χ1n) is 9.04. The van der Waals surface area contributed by atoms with E-state index in [9.17, 15) is 4.79 Å². The molecular weight excluding hydrogens is 342 g/mol. The summed E-state index contributed by atoms with van der Waals surface area (Å²) in [6.45, 7) is 5.27. The second kappa shape index (κ2) is 8.45. The average molecular weight is 365 g/mol. The second-order valence-corrected chi connectivity index (χ2v) is 6.44. The molecule has 0 fully saturated rings. The van der Waals surface area contributed by atoms with Crippen molar-refractivity contribution in [2.45, 2.75) is 26.0 Å². The number of hydrogen-bond donors (Lipinski definition) is 1. The number of para-hydroxylation sites is 2. The molecule has 1 aliphatic rings. The van der Waals surface area contributed by atoms with Crippen molar-refractivity contribution >= 4 is 6.03 Å². The number of nitriles is 1. The Labute approximate surface area is 159 Å². The summed E-state index contributed by atoms with van der Waals surface area (Å²) in [5.41, 5.74) is 1.55. The van der Waals surface area contributed by atoms with E-state index in [1.54, 1.807) is 17.0 Å². The number of likely N-dealkylation sites (N-methyl/N-ethyl adjacent to an activating group) is 1. The average Bonchev–Trinajstić information content (AvgIpc) is 2.71. The van der Waals surface area contributed by atoms with E-state index in [2.05, 4.69) is 11.4 Å². The largest absolute Gasteiger partial charge is 0.486 e. The van der Waals surface area contributed by atoms with Gasteiger partial charge in [-0.15, -0.1) is 0 Å². The van der Waals surface area contributed by atoms with Crippen molar-refractivity contribution in [3.63, 3.8) is 0 Å². The number of amides is 2. The first-order valence-corrected chi connectivity index (χ1v) is 9.04. The Balaban J connectivity index is 1.58. The van der Waals surface area contributed by atoms with Crippen LogP contribution in [0.1, 0.15) is 31.0 Å². The molecule has 1 heterocycles. The van der Waals surface area contributed by atoms with Crippen LogP contribution in [0.25, 0.3) is 0 Å². The van der Waals surface area contributed by atoms with Crippen LogP contribution < -0.4 is 14.8 Å². The van der Waals surface area contributed by atoms with Gasteiger partial charge in [-0.05, 0) is 43.7 Å². The van der Waals surface area contributed by atoms with Gasteiger partial charge in [-0.25, -0.2) is 4.79 Å². The van der Waals surface area contributed by atoms with Crippen LogP contribution in [0.2, 0.25) is 0 Å². The van der Waals surface area contributed by atoms with E-state index in [0.29, 0.717) is 31.0 Å². The fourth-order valence-electron chi connectivity index (χ4n) is 2.96. The van der Waals surface area contributed by atoms with Gasteiger partial charge in [0.2, 0.25) is 0 Å². The number of nitrogens with one attached hydrogen (secondary N) is 1. The standard InChI is InChI=1S/C21H23N3O3/c1-3-24(13-18-14-26-19-6-4-5-7-20(19)27-18)21(25)23-15(2)17-10-8-16(12-22)9-11-17/h4-11,15,18H,3,13-14H2,1-2H3,(H,23,25). The quantitative estimate of drug-likeness (QED) is 0.880. The summed E-state index contributed by atoms with van der Waals surface area (Å²) in [4.78, 5) is 14.4. The maximum Gasteiger partial charge on any atom is 0.317 e. The van der Waals surface area contributed by atoms with Crippen LogP contribution in [0.15, 0.2) is 48.5 Å². The molecule has 0 aliphatic carbocycles. The molecule has 0 bridgehead atoms. The lowest BCUT2D eigenvalue weighted by atomic mass is 10.1. The molecular formula is C21H23N3O3. The predicted octanol–water partition coefficient (Wildman–Crippen LogP) is 3.49. The van der Waals surface area contributed by atoms with Crippen molar-refractivity contribution in [3.05, 3.63) is 59.7 Å². The minimum Gasteiger partial charge on any atom is -0.486 e. The van der Waals surface area contributed by atoms with Gasteiger partial charge in [-0.2, -0.15) is 5.26 Å². The normalized spacial score (nSPS) is 16.1. The van der Waals surface area contributed by atoms with Gasteiger partial charge < -0.3 is 19.7 Å². The van der Waals surface area contributed by atoms with Gasteiger partial charge in [-0.3, -0.25) is 0 Å². The number of nitrogens with zero attached hydrogens (tertiary/aromatic N) is 2. The number of rotatable bonds is 5. The summed E-state index contributed by atoms with van der Waals surface area (Å²) in [6, 6.07) is 16.5. The van der Waals surface area contributed by atoms with E-state index in [-0.39, 0.29) is 18.2 Å². The number of urea groups is 1. The minimum absolute atomic E-state index is 0.156. The highest BCUT2D eigenvalue weighted by molar-refractivity contribution is 5.74. The third-order valence-electron chi connectivity index (χ3n) is 4.54. The van der Waals surface area contributed by atoms with Gasteiger partial charge >= 0.3 is 6.03 Å². The van der Waals surface area contributed by atoms with Crippen LogP contribution in [0.4, 0.5) is 4.79 Å². The van der Waals surface area contributed by atoms with E-state index >= 15 is 0 Å². The summed E-state index contributed by atoms with van der Waals surface area (Å²) in [7, 11) is 0. The maximum atomic E-state index is 12.7. The zero-order valence-electron chi connectivity index (χ0n) is 15.5. The molecule has 1 aliphatic heterocycles. The SMILES string of the molecule is CCN(CC1COc2ccccc2O1)C(=O)NC(C)c1ccc(C#N)cc1. The second-order valence-electron chi connectivity index (χ2n) is 6.44. The number of hydrogen-bond acceptors (Lipinski definition) is 4. The monoisotopic (exact) mass is 365 g/mol. The highest BCUT2D eigenvalue weighted by atomic mass is 16.6. The molecule has 2 amide bonds. The highest BCUT2D eigenvalue weighted by Gasteiger charge is 2.25. The van der Waals surface area contributed by atoms with Crippen LogP contribution >= 0.6 is 0 Å². The molecule has 3 rings (SSSR count). The number of ether oxygens (including phenoxy) is 2. The van der Waals surface area contributed by atoms with Crippen molar-refractivity contribution in [1.82, 2.24) is 10.2 Å². The molecule has 2 aromatic carbocycles. The number of fused-ring (bicyclic) bond motifs is 1. The van der Waals surface area contributed by atoms with Crippen LogP contribution in [-0.2, 0) is 0 Å². The zero-order valence-corrected chi connectivity index (χ0v) is 15.5. The fraction of sp³-hybridized carbons (Fsp3) is 0.333. The maximum absolute atomic E-state index is 12.7. The summed E-state index contributed by atoms with van der Waals surface area (Å²) in [6.07, 6.45) is -0.212. The Hall–Kier alpha value is -3.20. The Morgan fingerprint density at radius 2 is 1.96 bits per heavy atom. The van der Waals surface area contributed by atoms with Crippen molar-refractivity contribution in [3.8, 4) is 17.6 Å². The lowest BCUT2D eigenvalue weighted by Crippen LogP contribution is -2.47. The molecule has 2 atom stereocenters. The lowest BCUT2D eigenvalue weighted by molar-refractivity contribution is 0.0672. The van der Waals surface area contributed by atoms with Gasteiger partial charge in [-0.1, -0.05) is 24.3 Å². The van der Waals surface area contributed by atoms with Gasteiger partial charge in [0, 0.05) is 6.54 Å². The van der Waals surface area contributed by atoms with E-state index in [1.165, 1.54) is 0 Å². The summed E-state index contributed by atoms with van der Waals surface area (Å²) in [5.74, 6) is 1.44. The summed E-state index contributed by atoms with van der Waals surface area (Å²) < 4.78 is 11.7. The number of carbonyl (C=O) groups excluding carboxylic acids is 1. The molecule has 0 saturated heterocycles. The van der Waals surface area contributed by atoms with Crippen LogP contribution in [0.5, 0.6) is 11.5 Å². The molecule has 6 heteroatoms. The molecule has 140 valence electrons. The van der Waals surface area contributed by atoms with Crippen LogP contribution in [-0.4, -0.2) is 36.7 Å². The Morgan fingerprint density at radius 1 is 1.26 bits per heavy atom. The summed E-state index contributed by atoms with van der Waals surface area (Å²) >= 11 is 0. The van der Waals surface area contributed by atoms with Crippen molar-refractivity contribution in [2.24, 2.45) is 0 Å². The lowest BCUT2D eigenvalue weighted by Gasteiger charge is -2.31. The molecule has 2 unspecified atom stereocenters. The summed E-state index contributed by atoms with van der Waals surface area (Å²) in [5, 5.41) is 11.9. The van der Waals surface area contributed by atoms with E-state index in [4.69, 9.17) is 14.7 Å². The smallest absolute Gasteiger partial charge is 0.317 e. The van der Waals surface area contributed by atoms with E-state index < -0.39 is 0 Å². The molecule has 27 heavy (non-hydrogen) atoms. The van der Waals surface area contributed by atoms with Crippen LogP contribution in [0, 0.1) is 11.3 Å². The first kappa shape index (κ1) is 18.6. The zero-order chi connectivity index (χ0) is 19.2. The predicted molar refractivity (Wildman–Crippen MR) is 102 cm³/mol. The number of carbonyl (C=O) groups is 1. The Morgan fingerprint density at radius 3 is 2.63 bits per heavy atom. The molecule has 2 aromatic rings. The molecule has 0 aromatic heterocycles. The van der Waals surface area contributed by atoms with Gasteiger partial charge in [0.15, 0.2) is 17.6 Å². The Kier molecular flexibility index (Phi) is 5.82. The van der Waals surface area contributed by atoms with Crippen molar-refractivity contribution < 1.29 is 14.3 Å². The van der Waals surface area contributed by atoms with Crippen molar-refractivity contribution in [1.29, 1.82) is 5.26 Å². The third kappa shape index (κ3) is 4.50. The molecule has 6 nitrogen and oxygen atoms in total. The topological polar surface area (TPSA) is 74.6 Å². The van der Waals surface area contributed by atoms with Gasteiger partial charge in [0.1, 0.15) is 6.61 Å². The Bertz CT molecular complexity index is 829. The van der Waals surface area contributed by atoms with Gasteiger partial charge in [0.25, 0.3) is 0 Å². The van der Waals surface area contributed by atoms with Crippen molar-refractivity contribution in [2.75, 3.05) is 19.7 Å². The highest BCUT2D eigenvalue weighted by Crippen LogP contribution is 2.31. The molecule has 0 radical (unpaired) electrons. The van der Waals surface area contributed by atoms with E-state index in [1.807, 2.05) is 50.2 Å². The third-order valence-corrected chi connectivity index (χ3v) is 4.54. The van der Waals surface area contributed by atoms with E-state index in [0.717, 1.165) is 11.3 Å². The number of benzene rings is 2. The molecule has 0 saturated carbocycles. The fourth-order valence-corrected chi connectivity index (χ4v) is 2.96. The van der Waals surface area contributed by atoms with Gasteiger partial charge in [0.05, 0.1) is 24.2 Å². The minimum atomic E-state index is -0.212. The first-order chi connectivity index (χ1) is 13.1. The molecule has 0 spiro atoms.